The summed E-state index contributed by atoms with van der Waals surface area (Å²) in [4.78, 5) is 13.2. The molecule has 3 atom stereocenters. The summed E-state index contributed by atoms with van der Waals surface area (Å²) >= 11 is 4.66. The molecule has 26 heavy (non-hydrogen) atoms. The van der Waals surface area contributed by atoms with Crippen LogP contribution >= 0.6 is 27.3 Å². The summed E-state index contributed by atoms with van der Waals surface area (Å²) in [6.07, 6.45) is -3.94. The van der Waals surface area contributed by atoms with Crippen molar-refractivity contribution in [3.8, 4) is 0 Å². The Morgan fingerprint density at radius 2 is 2.31 bits per heavy atom. The summed E-state index contributed by atoms with van der Waals surface area (Å²) in [6, 6.07) is 1.21. The Morgan fingerprint density at radius 3 is 2.88 bits per heavy atom. The molecule has 0 radical (unpaired) electrons. The quantitative estimate of drug-likeness (QED) is 0.696. The third kappa shape index (κ3) is 3.62. The standard InChI is InChI=1S/C16H18BrF3N4OS/c1-3-8(2)21-15(25)13-12(17)14-22-9(10-5-4-6-26-10)7-11(16(18,19)20)24(14)23-13/h4-6,8-9,11,22H,3,7H2,1-2H3,(H,21,25)/t8-,9+,11-/m1/s1. The van der Waals surface area contributed by atoms with E-state index < -0.39 is 24.2 Å². The van der Waals surface area contributed by atoms with Gasteiger partial charge in [-0.25, -0.2) is 4.68 Å². The number of alkyl halides is 3. The number of hydrogen-bond acceptors (Lipinski definition) is 4. The summed E-state index contributed by atoms with van der Waals surface area (Å²) in [6.45, 7) is 3.73. The van der Waals surface area contributed by atoms with Crippen LogP contribution in [0.15, 0.2) is 22.0 Å². The Hall–Kier alpha value is -1.55. The SMILES string of the molecule is CC[C@@H](C)NC(=O)c1nn2c(c1Br)N[C@H](c1cccs1)C[C@@H]2C(F)(F)F. The van der Waals surface area contributed by atoms with Gasteiger partial charge in [0.25, 0.3) is 5.91 Å². The third-order valence-corrected chi connectivity index (χ3v) is 6.12. The summed E-state index contributed by atoms with van der Waals surface area (Å²) in [5.74, 6) is -0.324. The van der Waals surface area contributed by atoms with Crippen molar-refractivity contribution in [2.45, 2.75) is 51.0 Å². The van der Waals surface area contributed by atoms with Crippen LogP contribution in [-0.2, 0) is 0 Å². The van der Waals surface area contributed by atoms with Gasteiger partial charge in [0.15, 0.2) is 11.7 Å². The van der Waals surface area contributed by atoms with Crippen molar-refractivity contribution in [2.75, 3.05) is 5.32 Å². The zero-order chi connectivity index (χ0) is 19.1. The number of carbonyl (C=O) groups excluding carboxylic acids is 1. The van der Waals surface area contributed by atoms with Gasteiger partial charge in [-0.1, -0.05) is 13.0 Å². The highest BCUT2D eigenvalue weighted by Gasteiger charge is 2.48. The number of rotatable bonds is 4. The van der Waals surface area contributed by atoms with Crippen LogP contribution in [0.3, 0.4) is 0 Å². The molecular formula is C16H18BrF3N4OS. The summed E-state index contributed by atoms with van der Waals surface area (Å²) in [5.41, 5.74) is -0.0473. The van der Waals surface area contributed by atoms with Crippen LogP contribution in [0.4, 0.5) is 19.0 Å². The van der Waals surface area contributed by atoms with Gasteiger partial charge in [-0.2, -0.15) is 18.3 Å². The van der Waals surface area contributed by atoms with Crippen LogP contribution in [0.2, 0.25) is 0 Å². The number of nitrogens with zero attached hydrogens (tertiary/aromatic N) is 2. The molecule has 1 amide bonds. The Balaban J connectivity index is 2.00. The number of anilines is 1. The highest BCUT2D eigenvalue weighted by molar-refractivity contribution is 9.10. The van der Waals surface area contributed by atoms with Gasteiger partial charge in [-0.05, 0) is 40.7 Å². The van der Waals surface area contributed by atoms with Crippen LogP contribution in [0.25, 0.3) is 0 Å². The van der Waals surface area contributed by atoms with E-state index in [1.54, 1.807) is 12.1 Å². The lowest BCUT2D eigenvalue weighted by atomic mass is 10.0. The van der Waals surface area contributed by atoms with E-state index in [0.29, 0.717) is 6.42 Å². The molecule has 0 saturated heterocycles. The molecule has 1 aliphatic heterocycles. The van der Waals surface area contributed by atoms with E-state index in [0.717, 1.165) is 9.56 Å². The number of nitrogens with one attached hydrogen (secondary N) is 2. The molecule has 0 aliphatic carbocycles. The molecule has 0 unspecified atom stereocenters. The molecular weight excluding hydrogens is 433 g/mol. The maximum absolute atomic E-state index is 13.6. The topological polar surface area (TPSA) is 59.0 Å². The molecule has 0 spiro atoms. The third-order valence-electron chi connectivity index (χ3n) is 4.39. The number of halogens is 4. The summed E-state index contributed by atoms with van der Waals surface area (Å²) < 4.78 is 42.0. The molecule has 142 valence electrons. The predicted molar refractivity (Wildman–Crippen MR) is 97.5 cm³/mol. The first kappa shape index (κ1) is 19.2. The minimum absolute atomic E-state index is 0.0473. The first-order chi connectivity index (χ1) is 12.2. The van der Waals surface area contributed by atoms with Crippen molar-refractivity contribution in [3.05, 3.63) is 32.6 Å². The Morgan fingerprint density at radius 1 is 1.58 bits per heavy atom. The summed E-state index contributed by atoms with van der Waals surface area (Å²) in [7, 11) is 0. The molecule has 1 aliphatic rings. The largest absolute Gasteiger partial charge is 0.410 e. The molecule has 3 rings (SSSR count). The first-order valence-corrected chi connectivity index (χ1v) is 9.85. The summed E-state index contributed by atoms with van der Waals surface area (Å²) in [5, 5.41) is 11.6. The van der Waals surface area contributed by atoms with Gasteiger partial charge in [-0.3, -0.25) is 4.79 Å². The van der Waals surface area contributed by atoms with Crippen molar-refractivity contribution in [1.29, 1.82) is 0 Å². The fourth-order valence-corrected chi connectivity index (χ4v) is 4.15. The van der Waals surface area contributed by atoms with Gasteiger partial charge >= 0.3 is 6.18 Å². The molecule has 2 aromatic rings. The minimum atomic E-state index is -4.47. The smallest absolute Gasteiger partial charge is 0.362 e. The van der Waals surface area contributed by atoms with Gasteiger partial charge in [0.05, 0.1) is 10.5 Å². The van der Waals surface area contributed by atoms with E-state index in [1.807, 2.05) is 19.2 Å². The first-order valence-electron chi connectivity index (χ1n) is 8.17. The van der Waals surface area contributed by atoms with Crippen molar-refractivity contribution >= 4 is 39.0 Å². The molecule has 10 heteroatoms. The molecule has 0 saturated carbocycles. The van der Waals surface area contributed by atoms with Crippen LogP contribution in [0, 0.1) is 0 Å². The zero-order valence-electron chi connectivity index (χ0n) is 14.1. The molecule has 0 bridgehead atoms. The molecule has 5 nitrogen and oxygen atoms in total. The molecule has 0 aromatic carbocycles. The number of carbonyl (C=O) groups is 1. The second-order valence-corrected chi connectivity index (χ2v) is 8.02. The van der Waals surface area contributed by atoms with Crippen molar-refractivity contribution in [3.63, 3.8) is 0 Å². The second kappa shape index (κ2) is 7.22. The predicted octanol–water partition coefficient (Wildman–Crippen LogP) is 4.90. The number of aromatic nitrogens is 2. The minimum Gasteiger partial charge on any atom is -0.362 e. The van der Waals surface area contributed by atoms with E-state index in [2.05, 4.69) is 31.7 Å². The van der Waals surface area contributed by atoms with E-state index in [1.165, 1.54) is 11.3 Å². The molecule has 3 heterocycles. The average Bonchev–Trinajstić information content (AvgIpc) is 3.21. The molecule has 2 aromatic heterocycles. The fourth-order valence-electron chi connectivity index (χ4n) is 2.80. The van der Waals surface area contributed by atoms with Crippen molar-refractivity contribution < 1.29 is 18.0 Å². The lowest BCUT2D eigenvalue weighted by Gasteiger charge is -2.33. The Labute approximate surface area is 161 Å². The van der Waals surface area contributed by atoms with Crippen molar-refractivity contribution in [1.82, 2.24) is 15.1 Å². The van der Waals surface area contributed by atoms with Gasteiger partial charge in [0.1, 0.15) is 5.82 Å². The van der Waals surface area contributed by atoms with Crippen molar-refractivity contribution in [2.24, 2.45) is 0 Å². The highest BCUT2D eigenvalue weighted by Crippen LogP contribution is 2.46. The van der Waals surface area contributed by atoms with Gasteiger partial charge in [0.2, 0.25) is 0 Å². The Kier molecular flexibility index (Phi) is 5.34. The molecule has 2 N–H and O–H groups in total. The van der Waals surface area contributed by atoms with Gasteiger partial charge in [-0.15, -0.1) is 11.3 Å². The molecule has 0 fully saturated rings. The zero-order valence-corrected chi connectivity index (χ0v) is 16.5. The highest BCUT2D eigenvalue weighted by atomic mass is 79.9. The lowest BCUT2D eigenvalue weighted by molar-refractivity contribution is -0.173. The van der Waals surface area contributed by atoms with E-state index in [4.69, 9.17) is 0 Å². The fraction of sp³-hybridized carbons (Fsp3) is 0.500. The monoisotopic (exact) mass is 450 g/mol. The van der Waals surface area contributed by atoms with E-state index in [9.17, 15) is 18.0 Å². The number of fused-ring (bicyclic) bond motifs is 1. The second-order valence-electron chi connectivity index (χ2n) is 6.24. The number of amides is 1. The van der Waals surface area contributed by atoms with Crippen LogP contribution < -0.4 is 10.6 Å². The number of hydrogen-bond donors (Lipinski definition) is 2. The maximum atomic E-state index is 13.6. The van der Waals surface area contributed by atoms with Crippen LogP contribution in [-0.4, -0.2) is 27.9 Å². The van der Waals surface area contributed by atoms with Crippen LogP contribution in [0.5, 0.6) is 0 Å². The lowest BCUT2D eigenvalue weighted by Crippen LogP contribution is -2.36. The normalized spacial score (nSPS) is 21.0. The van der Waals surface area contributed by atoms with E-state index in [-0.39, 0.29) is 28.4 Å². The Bertz CT molecular complexity index is 790. The van der Waals surface area contributed by atoms with Gasteiger partial charge in [0, 0.05) is 17.3 Å². The number of thiophene rings is 1. The van der Waals surface area contributed by atoms with E-state index >= 15 is 0 Å². The average molecular weight is 451 g/mol. The van der Waals surface area contributed by atoms with Gasteiger partial charge < -0.3 is 10.6 Å². The maximum Gasteiger partial charge on any atom is 0.410 e. The van der Waals surface area contributed by atoms with Crippen LogP contribution in [0.1, 0.15) is 54.1 Å².